The molecule has 1 fully saturated rings. The molecule has 0 unspecified atom stereocenters. The van der Waals surface area contributed by atoms with Gasteiger partial charge in [-0.3, -0.25) is 9.69 Å². The molecule has 1 aliphatic rings. The number of carbonyl (C=O) groups excluding carboxylic acids is 1. The molecule has 1 aliphatic heterocycles. The fraction of sp³-hybridized carbons (Fsp3) is 0.417. The number of unbranched alkanes of at least 4 members (excludes halogenated alkanes) is 2. The molecule has 0 aliphatic carbocycles. The lowest BCUT2D eigenvalue weighted by atomic mass is 10.2. The first-order chi connectivity index (χ1) is 16.2. The summed E-state index contributed by atoms with van der Waals surface area (Å²) < 4.78 is 0. The number of carbonyl (C=O) groups is 1. The van der Waals surface area contributed by atoms with Gasteiger partial charge >= 0.3 is 0 Å². The van der Waals surface area contributed by atoms with Crippen molar-refractivity contribution in [2.24, 2.45) is 0 Å². The van der Waals surface area contributed by atoms with E-state index in [2.05, 4.69) is 30.5 Å². The Morgan fingerprint density at radius 2 is 1.58 bits per heavy atom. The number of hydrogen-bond acceptors (Lipinski definition) is 6. The second kappa shape index (κ2) is 11.9. The number of aryl methyl sites for hydroxylation is 1. The highest BCUT2D eigenvalue weighted by molar-refractivity contribution is 6.33. The van der Waals surface area contributed by atoms with Gasteiger partial charge in [-0.1, -0.05) is 60.5 Å². The van der Waals surface area contributed by atoms with Crippen molar-refractivity contribution < 1.29 is 4.79 Å². The third-order valence-corrected chi connectivity index (χ3v) is 6.13. The van der Waals surface area contributed by atoms with Crippen molar-refractivity contribution in [3.63, 3.8) is 0 Å². The monoisotopic (exact) mass is 467 g/mol. The van der Waals surface area contributed by atoms with Crippen LogP contribution in [0.25, 0.3) is 11.4 Å². The number of aromatic nitrogens is 4. The van der Waals surface area contributed by atoms with E-state index < -0.39 is 0 Å². The molecule has 0 saturated carbocycles. The second-order valence-electron chi connectivity index (χ2n) is 8.28. The van der Waals surface area contributed by atoms with Gasteiger partial charge in [-0.25, -0.2) is 0 Å². The summed E-state index contributed by atoms with van der Waals surface area (Å²) in [5.74, 6) is 0.655. The van der Waals surface area contributed by atoms with Crippen LogP contribution < -0.4 is 5.32 Å². The quantitative estimate of drug-likeness (QED) is 0.460. The molecule has 9 heteroatoms. The Hall–Kier alpha value is -2.81. The third-order valence-electron chi connectivity index (χ3n) is 5.80. The smallest absolute Gasteiger partial charge is 0.238 e. The molecule has 1 saturated heterocycles. The minimum Gasteiger partial charge on any atom is -0.324 e. The summed E-state index contributed by atoms with van der Waals surface area (Å²) in [5.41, 5.74) is 1.66. The number of amides is 1. The summed E-state index contributed by atoms with van der Waals surface area (Å²) >= 11 is 6.12. The van der Waals surface area contributed by atoms with E-state index in [0.717, 1.165) is 64.1 Å². The molecule has 0 bridgehead atoms. The maximum absolute atomic E-state index is 12.3. The van der Waals surface area contributed by atoms with Crippen molar-refractivity contribution in [3.05, 3.63) is 59.6 Å². The molecular formula is C24H30ClN7O. The van der Waals surface area contributed by atoms with Crippen molar-refractivity contribution in [2.45, 2.75) is 25.8 Å². The van der Waals surface area contributed by atoms with Gasteiger partial charge < -0.3 is 10.2 Å². The molecule has 2 aromatic carbocycles. The average Bonchev–Trinajstić information content (AvgIpc) is 3.31. The highest BCUT2D eigenvalue weighted by Gasteiger charge is 2.19. The lowest BCUT2D eigenvalue weighted by Gasteiger charge is -2.34. The Kier molecular flexibility index (Phi) is 8.41. The fourth-order valence-corrected chi connectivity index (χ4v) is 4.12. The zero-order valence-corrected chi connectivity index (χ0v) is 19.5. The Labute approximate surface area is 199 Å². The van der Waals surface area contributed by atoms with Crippen LogP contribution in [0.5, 0.6) is 0 Å². The second-order valence-corrected chi connectivity index (χ2v) is 8.69. The Bertz CT molecular complexity index is 1020. The van der Waals surface area contributed by atoms with E-state index in [1.807, 2.05) is 48.5 Å². The van der Waals surface area contributed by atoms with Crippen molar-refractivity contribution >= 4 is 23.2 Å². The molecular weight excluding hydrogens is 438 g/mol. The number of rotatable bonds is 10. The third kappa shape index (κ3) is 7.08. The predicted molar refractivity (Wildman–Crippen MR) is 130 cm³/mol. The molecule has 1 N–H and O–H groups in total. The van der Waals surface area contributed by atoms with Gasteiger partial charge in [0.1, 0.15) is 0 Å². The maximum Gasteiger partial charge on any atom is 0.238 e. The normalized spacial score (nSPS) is 14.9. The van der Waals surface area contributed by atoms with Crippen LogP contribution in [0, 0.1) is 0 Å². The number of para-hydroxylation sites is 1. The van der Waals surface area contributed by atoms with Crippen LogP contribution in [-0.2, 0) is 11.3 Å². The summed E-state index contributed by atoms with van der Waals surface area (Å²) in [5, 5.41) is 16.2. The number of nitrogens with one attached hydrogen (secondary N) is 1. The van der Waals surface area contributed by atoms with E-state index in [1.54, 1.807) is 10.9 Å². The number of halogens is 1. The summed E-state index contributed by atoms with van der Waals surface area (Å²) in [6, 6.07) is 17.2. The highest BCUT2D eigenvalue weighted by atomic mass is 35.5. The number of benzene rings is 2. The van der Waals surface area contributed by atoms with Crippen LogP contribution >= 0.6 is 11.6 Å². The fourth-order valence-electron chi connectivity index (χ4n) is 3.93. The minimum atomic E-state index is -0.0197. The van der Waals surface area contributed by atoms with Crippen LogP contribution in [0.4, 0.5) is 5.69 Å². The van der Waals surface area contributed by atoms with Gasteiger partial charge in [0.25, 0.3) is 0 Å². The SMILES string of the molecule is O=C(CN1CCN(CCCCCn2nnc(-c3ccccc3)n2)CC1)Nc1ccccc1Cl. The summed E-state index contributed by atoms with van der Waals surface area (Å²) in [4.78, 5) is 18.7. The Balaban J connectivity index is 1.08. The highest BCUT2D eigenvalue weighted by Crippen LogP contribution is 2.20. The molecule has 174 valence electrons. The number of hydrogen-bond donors (Lipinski definition) is 1. The number of nitrogens with zero attached hydrogens (tertiary/aromatic N) is 6. The maximum atomic E-state index is 12.3. The molecule has 0 spiro atoms. The number of piperazine rings is 1. The van der Waals surface area contributed by atoms with Gasteiger partial charge in [-0.05, 0) is 36.7 Å². The Morgan fingerprint density at radius 1 is 0.879 bits per heavy atom. The molecule has 0 atom stereocenters. The van der Waals surface area contributed by atoms with Gasteiger partial charge in [0.05, 0.1) is 23.8 Å². The largest absolute Gasteiger partial charge is 0.324 e. The molecule has 1 amide bonds. The minimum absolute atomic E-state index is 0.0197. The summed E-state index contributed by atoms with van der Waals surface area (Å²) in [7, 11) is 0. The Morgan fingerprint density at radius 3 is 2.36 bits per heavy atom. The first-order valence-corrected chi connectivity index (χ1v) is 11.9. The zero-order chi connectivity index (χ0) is 22.9. The van der Waals surface area contributed by atoms with Crippen LogP contribution in [0.3, 0.4) is 0 Å². The molecule has 4 rings (SSSR count). The molecule has 3 aromatic rings. The topological polar surface area (TPSA) is 79.2 Å². The zero-order valence-electron chi connectivity index (χ0n) is 18.7. The lowest BCUT2D eigenvalue weighted by molar-refractivity contribution is -0.117. The van der Waals surface area contributed by atoms with Crippen molar-refractivity contribution in [1.82, 2.24) is 30.0 Å². The van der Waals surface area contributed by atoms with Gasteiger partial charge in [0.15, 0.2) is 0 Å². The molecule has 1 aromatic heterocycles. The van der Waals surface area contributed by atoms with Crippen LogP contribution in [0.15, 0.2) is 54.6 Å². The van der Waals surface area contributed by atoms with Gasteiger partial charge in [0, 0.05) is 31.7 Å². The summed E-state index contributed by atoms with van der Waals surface area (Å²) in [6.45, 7) is 6.06. The van der Waals surface area contributed by atoms with Gasteiger partial charge in [0.2, 0.25) is 11.7 Å². The van der Waals surface area contributed by atoms with Crippen LogP contribution in [0.1, 0.15) is 19.3 Å². The standard InChI is InChI=1S/C24H30ClN7O/c25-21-11-5-6-12-22(21)26-23(33)19-31-17-15-30(16-18-31)13-7-2-8-14-32-28-24(27-29-32)20-9-3-1-4-10-20/h1,3-6,9-12H,2,7-8,13-19H2,(H,26,33). The molecule has 2 heterocycles. The first kappa shape index (κ1) is 23.4. The van der Waals surface area contributed by atoms with Crippen LogP contribution in [0.2, 0.25) is 5.02 Å². The first-order valence-electron chi connectivity index (χ1n) is 11.5. The van der Waals surface area contributed by atoms with E-state index in [1.165, 1.54) is 0 Å². The predicted octanol–water partition coefficient (Wildman–Crippen LogP) is 3.42. The van der Waals surface area contributed by atoms with Crippen molar-refractivity contribution in [1.29, 1.82) is 0 Å². The lowest BCUT2D eigenvalue weighted by Crippen LogP contribution is -2.48. The van der Waals surface area contributed by atoms with Crippen molar-refractivity contribution in [3.8, 4) is 11.4 Å². The average molecular weight is 468 g/mol. The molecule has 0 radical (unpaired) electrons. The van der Waals surface area contributed by atoms with Crippen molar-refractivity contribution in [2.75, 3.05) is 44.6 Å². The molecule has 8 nitrogen and oxygen atoms in total. The van der Waals surface area contributed by atoms with E-state index >= 15 is 0 Å². The molecule has 33 heavy (non-hydrogen) atoms. The van der Waals surface area contributed by atoms with Crippen LogP contribution in [-0.4, -0.2) is 75.2 Å². The van der Waals surface area contributed by atoms with E-state index in [9.17, 15) is 4.79 Å². The summed E-state index contributed by atoms with van der Waals surface area (Å²) in [6.07, 6.45) is 3.31. The van der Waals surface area contributed by atoms with Gasteiger partial charge in [-0.2, -0.15) is 4.80 Å². The number of anilines is 1. The van der Waals surface area contributed by atoms with E-state index in [4.69, 9.17) is 11.6 Å². The van der Waals surface area contributed by atoms with E-state index in [0.29, 0.717) is 23.1 Å². The van der Waals surface area contributed by atoms with Gasteiger partial charge in [-0.15, -0.1) is 10.2 Å². The number of tetrazole rings is 1. The van der Waals surface area contributed by atoms with E-state index in [-0.39, 0.29) is 5.91 Å².